The maximum atomic E-state index is 12.5. The summed E-state index contributed by atoms with van der Waals surface area (Å²) in [6.45, 7) is 5.65. The van der Waals surface area contributed by atoms with Gasteiger partial charge < -0.3 is 26.0 Å². The Morgan fingerprint density at radius 3 is 2.32 bits per heavy atom. The number of hydrogen-bond acceptors (Lipinski definition) is 7. The van der Waals surface area contributed by atoms with E-state index in [2.05, 4.69) is 10.6 Å². The highest BCUT2D eigenvalue weighted by molar-refractivity contribution is 8.00. The van der Waals surface area contributed by atoms with Crippen molar-refractivity contribution in [2.24, 2.45) is 0 Å². The maximum Gasteiger partial charge on any atom is 0.352 e. The number of benzene rings is 1. The van der Waals surface area contributed by atoms with Gasteiger partial charge in [-0.3, -0.25) is 19.3 Å². The Bertz CT molecular complexity index is 1130. The molecular formula is C25H31N3O8S. The molecule has 0 saturated carbocycles. The number of nitrogens with one attached hydrogen (secondary N) is 2. The zero-order chi connectivity index (χ0) is 27.5. The molecule has 200 valence electrons. The summed E-state index contributed by atoms with van der Waals surface area (Å²) in [5.41, 5.74) is 1.26. The molecule has 0 spiro atoms. The molecule has 3 atom stereocenters. The Labute approximate surface area is 218 Å². The summed E-state index contributed by atoms with van der Waals surface area (Å²) in [4.78, 5) is 61.7. The number of carbonyl (C=O) groups is 5. The highest BCUT2D eigenvalue weighted by Gasteiger charge is 2.54. The third-order valence-electron chi connectivity index (χ3n) is 6.27. The number of hydrogen-bond donors (Lipinski definition) is 5. The standard InChI is InChI=1S/C25H31N3O8S/c1-25(2,3)15-9-7-13(8-10-15)20(31)26-16(23(33)34)5-4-6-17(30)27-18-21(32)28-19(24(35)36)14(11-29)12-37-22(18)28/h7-10,16,18,22,29H,4-6,11-12H2,1-3H3,(H,26,31)(H,27,30)(H,33,34)(H,35,36)/t16-,18-,22-/m1/s1. The Morgan fingerprint density at radius 2 is 1.78 bits per heavy atom. The van der Waals surface area contributed by atoms with Gasteiger partial charge in [-0.15, -0.1) is 11.8 Å². The number of carbonyl (C=O) groups excluding carboxylic acids is 3. The molecule has 2 aliphatic heterocycles. The summed E-state index contributed by atoms with van der Waals surface area (Å²) < 4.78 is 0. The van der Waals surface area contributed by atoms with Crippen LogP contribution in [0.15, 0.2) is 35.5 Å². The maximum absolute atomic E-state index is 12.5. The first-order valence-electron chi connectivity index (χ1n) is 11.8. The van der Waals surface area contributed by atoms with Crippen LogP contribution < -0.4 is 10.6 Å². The number of carboxylic acids is 2. The fraction of sp³-hybridized carbons (Fsp3) is 0.480. The SMILES string of the molecule is CC(C)(C)c1ccc(C(=O)N[C@H](CCCC(=O)N[C@@H]2C(=O)N3C(C(=O)O)=C(CO)CS[C@H]23)C(=O)O)cc1. The lowest BCUT2D eigenvalue weighted by molar-refractivity contribution is -0.150. The number of carboxylic acid groups (broad SMARTS) is 2. The van der Waals surface area contributed by atoms with Gasteiger partial charge in [-0.05, 0) is 41.5 Å². The number of fused-ring (bicyclic) bond motifs is 1. The van der Waals surface area contributed by atoms with Crippen LogP contribution in [0.25, 0.3) is 0 Å². The average molecular weight is 534 g/mol. The number of aliphatic hydroxyl groups excluding tert-OH is 1. The monoisotopic (exact) mass is 533 g/mol. The summed E-state index contributed by atoms with van der Waals surface area (Å²) in [7, 11) is 0. The van der Waals surface area contributed by atoms with E-state index in [1.54, 1.807) is 12.1 Å². The lowest BCUT2D eigenvalue weighted by Gasteiger charge is -2.49. The third kappa shape index (κ3) is 6.31. The first-order chi connectivity index (χ1) is 17.3. The molecule has 1 fully saturated rings. The fourth-order valence-electron chi connectivity index (χ4n) is 4.14. The molecule has 5 N–H and O–H groups in total. The van der Waals surface area contributed by atoms with Crippen molar-refractivity contribution in [3.05, 3.63) is 46.7 Å². The molecule has 1 aromatic rings. The van der Waals surface area contributed by atoms with Crippen LogP contribution in [0, 0.1) is 0 Å². The number of thioether (sulfide) groups is 1. The van der Waals surface area contributed by atoms with Crippen molar-refractivity contribution in [1.82, 2.24) is 15.5 Å². The van der Waals surface area contributed by atoms with E-state index in [-0.39, 0.29) is 41.7 Å². The van der Waals surface area contributed by atoms with Crippen LogP contribution in [0.3, 0.4) is 0 Å². The molecule has 1 aromatic carbocycles. The highest BCUT2D eigenvalue weighted by atomic mass is 32.2. The number of amides is 3. The molecule has 1 saturated heterocycles. The Hall–Kier alpha value is -3.38. The lowest BCUT2D eigenvalue weighted by Crippen LogP contribution is -2.70. The fourth-order valence-corrected chi connectivity index (χ4v) is 5.47. The predicted octanol–water partition coefficient (Wildman–Crippen LogP) is 1.07. The van der Waals surface area contributed by atoms with E-state index in [4.69, 9.17) is 0 Å². The van der Waals surface area contributed by atoms with E-state index in [0.717, 1.165) is 10.5 Å². The van der Waals surface area contributed by atoms with Crippen LogP contribution >= 0.6 is 11.8 Å². The molecule has 3 rings (SSSR count). The number of β-lactam (4-membered cyclic amide) rings is 1. The molecular weight excluding hydrogens is 502 g/mol. The third-order valence-corrected chi connectivity index (χ3v) is 7.61. The van der Waals surface area contributed by atoms with Gasteiger partial charge in [0.25, 0.3) is 11.8 Å². The second-order valence-electron chi connectivity index (χ2n) is 9.95. The van der Waals surface area contributed by atoms with Crippen LogP contribution in [0.1, 0.15) is 56.0 Å². The lowest BCUT2D eigenvalue weighted by atomic mass is 9.86. The minimum Gasteiger partial charge on any atom is -0.480 e. The van der Waals surface area contributed by atoms with Gasteiger partial charge in [0.05, 0.1) is 6.61 Å². The molecule has 0 radical (unpaired) electrons. The second-order valence-corrected chi connectivity index (χ2v) is 11.1. The molecule has 2 aliphatic rings. The zero-order valence-electron chi connectivity index (χ0n) is 20.8. The van der Waals surface area contributed by atoms with E-state index in [9.17, 15) is 39.3 Å². The summed E-state index contributed by atoms with van der Waals surface area (Å²) >= 11 is 1.24. The topological polar surface area (TPSA) is 173 Å². The molecule has 3 amide bonds. The van der Waals surface area contributed by atoms with Crippen molar-refractivity contribution < 1.29 is 39.3 Å². The van der Waals surface area contributed by atoms with Gasteiger partial charge in [-0.2, -0.15) is 0 Å². The average Bonchev–Trinajstić information content (AvgIpc) is 2.84. The predicted molar refractivity (Wildman–Crippen MR) is 135 cm³/mol. The molecule has 11 nitrogen and oxygen atoms in total. The normalized spacial score (nSPS) is 20.0. The van der Waals surface area contributed by atoms with Gasteiger partial charge in [-0.25, -0.2) is 9.59 Å². The molecule has 0 aromatic heterocycles. The van der Waals surface area contributed by atoms with Gasteiger partial charge >= 0.3 is 11.9 Å². The molecule has 0 bridgehead atoms. The van der Waals surface area contributed by atoms with Crippen molar-refractivity contribution >= 4 is 41.4 Å². The zero-order valence-corrected chi connectivity index (χ0v) is 21.6. The van der Waals surface area contributed by atoms with Crippen LogP contribution in [0.2, 0.25) is 0 Å². The van der Waals surface area contributed by atoms with Gasteiger partial charge in [0.15, 0.2) is 0 Å². The minimum absolute atomic E-state index is 0.00322. The van der Waals surface area contributed by atoms with E-state index < -0.39 is 53.7 Å². The van der Waals surface area contributed by atoms with Crippen LogP contribution in [0.4, 0.5) is 0 Å². The van der Waals surface area contributed by atoms with Crippen molar-refractivity contribution in [1.29, 1.82) is 0 Å². The quantitative estimate of drug-likeness (QED) is 0.276. The summed E-state index contributed by atoms with van der Waals surface area (Å²) in [5, 5.41) is 32.8. The molecule has 0 aliphatic carbocycles. The largest absolute Gasteiger partial charge is 0.480 e. The van der Waals surface area contributed by atoms with Gasteiger partial charge in [0.1, 0.15) is 23.2 Å². The van der Waals surface area contributed by atoms with E-state index in [0.29, 0.717) is 5.56 Å². The Kier molecular flexibility index (Phi) is 8.64. The first-order valence-corrected chi connectivity index (χ1v) is 12.8. The van der Waals surface area contributed by atoms with Gasteiger partial charge in [0, 0.05) is 17.7 Å². The van der Waals surface area contributed by atoms with Gasteiger partial charge in [0.2, 0.25) is 5.91 Å². The van der Waals surface area contributed by atoms with Crippen LogP contribution in [0.5, 0.6) is 0 Å². The summed E-state index contributed by atoms with van der Waals surface area (Å²) in [6, 6.07) is 4.82. The van der Waals surface area contributed by atoms with Crippen molar-refractivity contribution in [2.45, 2.75) is 62.9 Å². The number of aliphatic hydroxyl groups is 1. The van der Waals surface area contributed by atoms with Crippen molar-refractivity contribution in [3.8, 4) is 0 Å². The Balaban J connectivity index is 1.50. The summed E-state index contributed by atoms with van der Waals surface area (Å²) in [5.74, 6) is -3.92. The van der Waals surface area contributed by atoms with Crippen molar-refractivity contribution in [3.63, 3.8) is 0 Å². The first kappa shape index (κ1) is 28.2. The smallest absolute Gasteiger partial charge is 0.352 e. The van der Waals surface area contributed by atoms with Gasteiger partial charge in [-0.1, -0.05) is 32.9 Å². The van der Waals surface area contributed by atoms with E-state index in [1.807, 2.05) is 32.9 Å². The molecule has 12 heteroatoms. The highest BCUT2D eigenvalue weighted by Crippen LogP contribution is 2.40. The minimum atomic E-state index is -1.32. The van der Waals surface area contributed by atoms with Crippen LogP contribution in [-0.2, 0) is 24.6 Å². The number of aliphatic carboxylic acids is 2. The number of rotatable bonds is 10. The van der Waals surface area contributed by atoms with Crippen molar-refractivity contribution in [2.75, 3.05) is 12.4 Å². The molecule has 0 unspecified atom stereocenters. The summed E-state index contributed by atoms with van der Waals surface area (Å²) in [6.07, 6.45) is 0.0667. The number of nitrogens with zero attached hydrogens (tertiary/aromatic N) is 1. The van der Waals surface area contributed by atoms with Crippen LogP contribution in [-0.4, -0.2) is 79.7 Å². The Morgan fingerprint density at radius 1 is 1.14 bits per heavy atom. The molecule has 37 heavy (non-hydrogen) atoms. The van der Waals surface area contributed by atoms with E-state index >= 15 is 0 Å². The molecule has 2 heterocycles. The van der Waals surface area contributed by atoms with E-state index in [1.165, 1.54) is 11.8 Å². The second kappa shape index (κ2) is 11.3.